The highest BCUT2D eigenvalue weighted by molar-refractivity contribution is 6.12. The number of rotatable bonds is 18. The number of hydrogen-bond donors (Lipinski definition) is 4. The molecule has 4 N–H and O–H groups in total. The quantitative estimate of drug-likeness (QED) is 0.0632. The number of aliphatic carboxylic acids is 1. The summed E-state index contributed by atoms with van der Waals surface area (Å²) >= 11 is 0. The van der Waals surface area contributed by atoms with Crippen LogP contribution in [0, 0.1) is 18.2 Å². The Morgan fingerprint density at radius 3 is 2.35 bits per heavy atom. The number of carboxylic acids is 1. The predicted octanol–water partition coefficient (Wildman–Crippen LogP) is 7.89. The van der Waals surface area contributed by atoms with Crippen LogP contribution in [0.25, 0.3) is 22.4 Å². The lowest BCUT2D eigenvalue weighted by Gasteiger charge is -2.20. The van der Waals surface area contributed by atoms with E-state index in [1.807, 2.05) is 60.9 Å². The van der Waals surface area contributed by atoms with E-state index < -0.39 is 30.4 Å². The summed E-state index contributed by atoms with van der Waals surface area (Å²) in [6, 6.07) is 22.8. The Morgan fingerprint density at radius 1 is 0.939 bits per heavy atom. The van der Waals surface area contributed by atoms with E-state index >= 15 is 0 Å². The second-order valence-electron chi connectivity index (χ2n) is 12.4. The van der Waals surface area contributed by atoms with Crippen LogP contribution in [0.2, 0.25) is 0 Å². The molecule has 0 aliphatic rings. The van der Waals surface area contributed by atoms with Gasteiger partial charge in [-0.25, -0.2) is 4.39 Å². The Morgan fingerprint density at radius 2 is 1.67 bits per heavy atom. The van der Waals surface area contributed by atoms with Gasteiger partial charge in [-0.3, -0.25) is 9.59 Å². The predicted molar refractivity (Wildman–Crippen MR) is 190 cm³/mol. The van der Waals surface area contributed by atoms with Crippen LogP contribution >= 0.6 is 0 Å². The molecule has 9 heteroatoms. The van der Waals surface area contributed by atoms with Gasteiger partial charge in [0.1, 0.15) is 11.6 Å². The molecule has 0 saturated heterocycles. The zero-order chi connectivity index (χ0) is 35.3. The third kappa shape index (κ3) is 10.3. The second-order valence-corrected chi connectivity index (χ2v) is 12.4. The van der Waals surface area contributed by atoms with Gasteiger partial charge in [0.2, 0.25) is 0 Å². The molecule has 4 aromatic rings. The number of carboxylic acid groups (broad SMARTS) is 1. The Hall–Kier alpha value is -4.91. The van der Waals surface area contributed by atoms with Gasteiger partial charge in [0.05, 0.1) is 36.5 Å². The van der Waals surface area contributed by atoms with Crippen molar-refractivity contribution in [1.82, 2.24) is 4.57 Å². The van der Waals surface area contributed by atoms with Crippen LogP contribution < -0.4 is 10.1 Å². The van der Waals surface area contributed by atoms with Crippen molar-refractivity contribution in [2.45, 2.75) is 83.5 Å². The summed E-state index contributed by atoms with van der Waals surface area (Å²) in [5.74, 6) is 1.23. The molecule has 1 heterocycles. The average Bonchev–Trinajstić information content (AvgIpc) is 3.41. The molecular weight excluding hydrogens is 623 g/mol. The molecule has 49 heavy (non-hydrogen) atoms. The van der Waals surface area contributed by atoms with Crippen molar-refractivity contribution in [2.75, 3.05) is 11.9 Å². The third-order valence-corrected chi connectivity index (χ3v) is 8.22. The number of unbranched alkanes of at least 4 members (excludes halogenated alkanes) is 3. The Bertz CT molecular complexity index is 1730. The number of nitrogens with zero attached hydrogens (tertiary/aromatic N) is 1. The summed E-state index contributed by atoms with van der Waals surface area (Å²) in [6.45, 7) is 4.71. The normalized spacial score (nSPS) is 12.3. The van der Waals surface area contributed by atoms with Gasteiger partial charge in [-0.05, 0) is 97.7 Å². The molecule has 3 aromatic carbocycles. The SMILES string of the molecule is C#CCCCCCOc1cccc(-c2c(C(=O)Nc3ccccc3)c(C(C)C)n(CC[C@@H](O)C[C@@H](O)CC(=O)O)c2-c2ccc(F)cc2)c1. The molecule has 0 aliphatic heterocycles. The molecule has 8 nitrogen and oxygen atoms in total. The number of carbonyl (C=O) groups excluding carboxylic acids is 1. The fourth-order valence-corrected chi connectivity index (χ4v) is 6.04. The van der Waals surface area contributed by atoms with Crippen LogP contribution in [-0.4, -0.2) is 50.6 Å². The number of carbonyl (C=O) groups is 2. The molecule has 0 bridgehead atoms. The summed E-state index contributed by atoms with van der Waals surface area (Å²) in [6.07, 6.45) is 6.17. The van der Waals surface area contributed by atoms with Crippen LogP contribution in [0.4, 0.5) is 10.1 Å². The minimum atomic E-state index is -1.21. The van der Waals surface area contributed by atoms with Gasteiger partial charge in [0.15, 0.2) is 0 Å². The molecular formula is C40H45FN2O6. The van der Waals surface area contributed by atoms with Gasteiger partial charge in [-0.1, -0.05) is 44.2 Å². The maximum atomic E-state index is 14.4. The Kier molecular flexibility index (Phi) is 13.6. The molecule has 258 valence electrons. The molecule has 1 amide bonds. The zero-order valence-corrected chi connectivity index (χ0v) is 28.1. The standard InChI is InChI=1S/C40H45FN2O6/c1-4-5-6-7-11-23-49-34-16-12-13-29(24-34)36-37(40(48)42-31-14-9-8-10-15-31)38(27(2)3)43(39(36)28-17-19-30(41)20-18-28)22-21-32(44)25-33(45)26-35(46)47/h1,8-10,12-20,24,27,32-33,44-45H,5-7,11,21-23,25-26H2,2-3H3,(H,42,48)(H,46,47)/t32-,33-/m1/s1. The van der Waals surface area contributed by atoms with Crippen molar-refractivity contribution in [3.8, 4) is 40.5 Å². The number of halogens is 1. The van der Waals surface area contributed by atoms with Crippen molar-refractivity contribution in [1.29, 1.82) is 0 Å². The molecule has 0 radical (unpaired) electrons. The largest absolute Gasteiger partial charge is 0.494 e. The number of nitrogens with one attached hydrogen (secondary N) is 1. The van der Waals surface area contributed by atoms with Gasteiger partial charge in [-0.2, -0.15) is 0 Å². The van der Waals surface area contributed by atoms with Gasteiger partial charge in [-0.15, -0.1) is 12.3 Å². The number of amides is 1. The average molecular weight is 669 g/mol. The van der Waals surface area contributed by atoms with Crippen LogP contribution in [0.3, 0.4) is 0 Å². The van der Waals surface area contributed by atoms with Crippen molar-refractivity contribution in [3.05, 3.63) is 95.9 Å². The van der Waals surface area contributed by atoms with Crippen molar-refractivity contribution >= 4 is 17.6 Å². The van der Waals surface area contributed by atoms with Crippen molar-refractivity contribution in [3.63, 3.8) is 0 Å². The van der Waals surface area contributed by atoms with Crippen LogP contribution in [0.5, 0.6) is 5.75 Å². The Labute approximate surface area is 287 Å². The fourth-order valence-electron chi connectivity index (χ4n) is 6.04. The fraction of sp³-hybridized carbons (Fsp3) is 0.350. The molecule has 0 aliphatic carbocycles. The highest BCUT2D eigenvalue weighted by Gasteiger charge is 2.31. The summed E-state index contributed by atoms with van der Waals surface area (Å²) in [4.78, 5) is 25.5. The Balaban J connectivity index is 1.86. The highest BCUT2D eigenvalue weighted by atomic mass is 19.1. The second kappa shape index (κ2) is 18.0. The molecule has 4 rings (SSSR count). The first kappa shape index (κ1) is 36.9. The number of benzene rings is 3. The highest BCUT2D eigenvalue weighted by Crippen LogP contribution is 2.43. The van der Waals surface area contributed by atoms with E-state index in [-0.39, 0.29) is 31.2 Å². The summed E-state index contributed by atoms with van der Waals surface area (Å²) < 4.78 is 22.4. The third-order valence-electron chi connectivity index (χ3n) is 8.22. The lowest BCUT2D eigenvalue weighted by molar-refractivity contribution is -0.139. The topological polar surface area (TPSA) is 121 Å². The monoisotopic (exact) mass is 668 g/mol. The number of aliphatic hydroxyl groups excluding tert-OH is 2. The summed E-state index contributed by atoms with van der Waals surface area (Å²) in [5.41, 5.74) is 4.44. The van der Waals surface area contributed by atoms with E-state index in [0.29, 0.717) is 46.1 Å². The molecule has 1 aromatic heterocycles. The van der Waals surface area contributed by atoms with Crippen molar-refractivity contribution < 1.29 is 34.0 Å². The van der Waals surface area contributed by atoms with E-state index in [4.69, 9.17) is 16.3 Å². The molecule has 0 saturated carbocycles. The minimum absolute atomic E-state index is 0.118. The first-order valence-corrected chi connectivity index (χ1v) is 16.7. The van der Waals surface area contributed by atoms with E-state index in [0.717, 1.165) is 31.2 Å². The van der Waals surface area contributed by atoms with E-state index in [1.54, 1.807) is 24.3 Å². The van der Waals surface area contributed by atoms with E-state index in [9.17, 15) is 24.2 Å². The summed E-state index contributed by atoms with van der Waals surface area (Å²) in [5, 5.41) is 33.2. The first-order chi connectivity index (χ1) is 23.6. The number of ether oxygens (including phenoxy) is 1. The van der Waals surface area contributed by atoms with Gasteiger partial charge >= 0.3 is 5.97 Å². The number of hydrogen-bond acceptors (Lipinski definition) is 5. The van der Waals surface area contributed by atoms with Crippen LogP contribution in [0.15, 0.2) is 78.9 Å². The van der Waals surface area contributed by atoms with E-state index in [1.165, 1.54) is 12.1 Å². The summed E-state index contributed by atoms with van der Waals surface area (Å²) in [7, 11) is 0. The molecule has 0 unspecified atom stereocenters. The minimum Gasteiger partial charge on any atom is -0.494 e. The lowest BCUT2D eigenvalue weighted by atomic mass is 9.94. The molecule has 0 fully saturated rings. The van der Waals surface area contributed by atoms with E-state index in [2.05, 4.69) is 11.2 Å². The smallest absolute Gasteiger partial charge is 0.305 e. The molecule has 0 spiro atoms. The van der Waals surface area contributed by atoms with Gasteiger partial charge in [0.25, 0.3) is 5.91 Å². The number of terminal acetylenes is 1. The van der Waals surface area contributed by atoms with Gasteiger partial charge in [0, 0.05) is 29.9 Å². The zero-order valence-electron chi connectivity index (χ0n) is 28.1. The maximum absolute atomic E-state index is 14.4. The number of aromatic nitrogens is 1. The van der Waals surface area contributed by atoms with Crippen LogP contribution in [-0.2, 0) is 11.3 Å². The lowest BCUT2D eigenvalue weighted by Crippen LogP contribution is -2.22. The van der Waals surface area contributed by atoms with Crippen molar-refractivity contribution in [2.24, 2.45) is 0 Å². The van der Waals surface area contributed by atoms with Crippen LogP contribution in [0.1, 0.15) is 80.8 Å². The first-order valence-electron chi connectivity index (χ1n) is 16.7. The molecule has 2 atom stereocenters. The number of anilines is 1. The number of para-hydroxylation sites is 1. The van der Waals surface area contributed by atoms with Gasteiger partial charge < -0.3 is 29.9 Å². The number of aliphatic hydroxyl groups is 2. The maximum Gasteiger partial charge on any atom is 0.305 e.